The Labute approximate surface area is 170 Å². The van der Waals surface area contributed by atoms with Gasteiger partial charge in [-0.1, -0.05) is 13.0 Å². The lowest BCUT2D eigenvalue weighted by atomic mass is 9.94. The summed E-state index contributed by atoms with van der Waals surface area (Å²) < 4.78 is 0. The third kappa shape index (κ3) is 4.92. The molecule has 0 aliphatic carbocycles. The van der Waals surface area contributed by atoms with Gasteiger partial charge < -0.3 is 4.98 Å². The summed E-state index contributed by atoms with van der Waals surface area (Å²) in [5.74, 6) is 1.67. The van der Waals surface area contributed by atoms with Gasteiger partial charge in [-0.15, -0.1) is 0 Å². The average Bonchev–Trinajstić information content (AvgIpc) is 2.76. The van der Waals surface area contributed by atoms with E-state index in [1.54, 1.807) is 12.3 Å². The van der Waals surface area contributed by atoms with Gasteiger partial charge in [0.1, 0.15) is 11.5 Å². The van der Waals surface area contributed by atoms with Gasteiger partial charge in [0.15, 0.2) is 5.82 Å². The first-order valence-electron chi connectivity index (χ1n) is 10.3. The van der Waals surface area contributed by atoms with Crippen LogP contribution >= 0.6 is 0 Å². The van der Waals surface area contributed by atoms with E-state index in [-0.39, 0.29) is 11.5 Å². The molecule has 1 fully saturated rings. The topological polar surface area (TPSA) is 87.7 Å². The third-order valence-corrected chi connectivity index (χ3v) is 5.23. The summed E-state index contributed by atoms with van der Waals surface area (Å²) in [6, 6.07) is 7.23. The monoisotopic (exact) mass is 390 g/mol. The maximum absolute atomic E-state index is 12.2. The summed E-state index contributed by atoms with van der Waals surface area (Å²) >= 11 is 0. The summed E-state index contributed by atoms with van der Waals surface area (Å²) in [5, 5.41) is 0. The fraction of sp³-hybridized carbons (Fsp3) is 0.409. The number of aryl methyl sites for hydroxylation is 1. The molecule has 0 aromatic carbocycles. The Kier molecular flexibility index (Phi) is 6.05. The first-order chi connectivity index (χ1) is 14.2. The molecule has 3 aromatic heterocycles. The molecule has 0 radical (unpaired) electrons. The molecule has 0 spiro atoms. The maximum atomic E-state index is 12.2. The van der Waals surface area contributed by atoms with E-state index >= 15 is 0 Å². The molecule has 1 aliphatic rings. The number of piperidine rings is 1. The van der Waals surface area contributed by atoms with Crippen LogP contribution in [0.3, 0.4) is 0 Å². The Bertz CT molecular complexity index is 986. The second-order valence-corrected chi connectivity index (χ2v) is 7.57. The Morgan fingerprint density at radius 2 is 2.07 bits per heavy atom. The number of H-pyrrole nitrogens is 1. The van der Waals surface area contributed by atoms with Crippen LogP contribution in [0, 0.1) is 0 Å². The van der Waals surface area contributed by atoms with Gasteiger partial charge in [-0.2, -0.15) is 0 Å². The van der Waals surface area contributed by atoms with E-state index in [1.165, 1.54) is 0 Å². The summed E-state index contributed by atoms with van der Waals surface area (Å²) in [6.45, 7) is 4.85. The zero-order chi connectivity index (χ0) is 20.1. The van der Waals surface area contributed by atoms with Crippen LogP contribution in [0.2, 0.25) is 0 Å². The fourth-order valence-corrected chi connectivity index (χ4v) is 3.82. The van der Waals surface area contributed by atoms with Gasteiger partial charge in [-0.25, -0.2) is 15.0 Å². The lowest BCUT2D eigenvalue weighted by Gasteiger charge is -2.32. The Morgan fingerprint density at radius 3 is 2.83 bits per heavy atom. The van der Waals surface area contributed by atoms with Crippen LogP contribution in [0.1, 0.15) is 49.2 Å². The fourth-order valence-electron chi connectivity index (χ4n) is 3.82. The molecule has 3 aromatic rings. The molecule has 0 amide bonds. The SMILES string of the molecule is CCCc1ncc(CN2CCCC(c3cc(=O)[nH]c(-c4ccccn4)n3)C2)cn1. The highest BCUT2D eigenvalue weighted by Crippen LogP contribution is 2.26. The van der Waals surface area contributed by atoms with E-state index < -0.39 is 0 Å². The minimum atomic E-state index is -0.132. The molecule has 7 heteroatoms. The van der Waals surface area contributed by atoms with Gasteiger partial charge >= 0.3 is 0 Å². The van der Waals surface area contributed by atoms with Gasteiger partial charge in [0.25, 0.3) is 5.56 Å². The number of hydrogen-bond acceptors (Lipinski definition) is 6. The predicted molar refractivity (Wildman–Crippen MR) is 111 cm³/mol. The van der Waals surface area contributed by atoms with Crippen LogP contribution in [-0.2, 0) is 13.0 Å². The number of rotatable bonds is 6. The average molecular weight is 390 g/mol. The van der Waals surface area contributed by atoms with Crippen molar-refractivity contribution in [3.05, 3.63) is 70.3 Å². The number of pyridine rings is 1. The van der Waals surface area contributed by atoms with E-state index in [0.717, 1.165) is 62.4 Å². The molecular weight excluding hydrogens is 364 g/mol. The molecule has 4 rings (SSSR count). The number of nitrogens with zero attached hydrogens (tertiary/aromatic N) is 5. The quantitative estimate of drug-likeness (QED) is 0.696. The molecular formula is C22H26N6O. The van der Waals surface area contributed by atoms with Crippen molar-refractivity contribution in [1.82, 2.24) is 29.8 Å². The number of aromatic amines is 1. The van der Waals surface area contributed by atoms with E-state index in [4.69, 9.17) is 4.98 Å². The molecule has 1 unspecified atom stereocenters. The Hall–Kier alpha value is -2.93. The molecule has 0 saturated carbocycles. The number of hydrogen-bond donors (Lipinski definition) is 1. The van der Waals surface area contributed by atoms with Gasteiger partial charge in [0.05, 0.1) is 5.69 Å². The lowest BCUT2D eigenvalue weighted by Crippen LogP contribution is -2.34. The van der Waals surface area contributed by atoms with Gasteiger partial charge in [-0.3, -0.25) is 14.7 Å². The van der Waals surface area contributed by atoms with Crippen molar-refractivity contribution in [2.45, 2.75) is 45.1 Å². The van der Waals surface area contributed by atoms with Crippen LogP contribution in [0.4, 0.5) is 0 Å². The van der Waals surface area contributed by atoms with E-state index in [9.17, 15) is 4.79 Å². The Balaban J connectivity index is 1.48. The standard InChI is InChI=1S/C22H26N6O/c1-2-6-20-24-12-16(13-25-20)14-28-10-5-7-17(15-28)19-11-21(29)27-22(26-19)18-8-3-4-9-23-18/h3-4,8-9,11-13,17H,2,5-7,10,14-15H2,1H3,(H,26,27,29). The summed E-state index contributed by atoms with van der Waals surface area (Å²) in [7, 11) is 0. The summed E-state index contributed by atoms with van der Waals surface area (Å²) in [6.07, 6.45) is 9.65. The van der Waals surface area contributed by atoms with Gasteiger partial charge in [0.2, 0.25) is 0 Å². The molecule has 4 heterocycles. The van der Waals surface area contributed by atoms with Crippen LogP contribution < -0.4 is 5.56 Å². The normalized spacial score (nSPS) is 17.3. The molecule has 150 valence electrons. The van der Waals surface area contributed by atoms with Crippen LogP contribution in [-0.4, -0.2) is 42.9 Å². The summed E-state index contributed by atoms with van der Waals surface area (Å²) in [5.41, 5.74) is 2.52. The highest BCUT2D eigenvalue weighted by Gasteiger charge is 2.23. The van der Waals surface area contributed by atoms with Crippen molar-refractivity contribution in [2.75, 3.05) is 13.1 Å². The van der Waals surface area contributed by atoms with Crippen molar-refractivity contribution >= 4 is 0 Å². The molecule has 29 heavy (non-hydrogen) atoms. The highest BCUT2D eigenvalue weighted by atomic mass is 16.1. The van der Waals surface area contributed by atoms with E-state index in [1.807, 2.05) is 30.6 Å². The van der Waals surface area contributed by atoms with E-state index in [0.29, 0.717) is 11.5 Å². The Morgan fingerprint density at radius 1 is 1.21 bits per heavy atom. The molecule has 0 bridgehead atoms. The number of likely N-dealkylation sites (tertiary alicyclic amines) is 1. The first-order valence-corrected chi connectivity index (χ1v) is 10.3. The van der Waals surface area contributed by atoms with Crippen molar-refractivity contribution in [3.63, 3.8) is 0 Å². The van der Waals surface area contributed by atoms with Crippen molar-refractivity contribution < 1.29 is 0 Å². The summed E-state index contributed by atoms with van der Waals surface area (Å²) in [4.78, 5) is 35.4. The zero-order valence-corrected chi connectivity index (χ0v) is 16.7. The minimum Gasteiger partial charge on any atom is -0.305 e. The maximum Gasteiger partial charge on any atom is 0.251 e. The number of nitrogens with one attached hydrogen (secondary N) is 1. The molecule has 1 N–H and O–H groups in total. The molecule has 1 atom stereocenters. The van der Waals surface area contributed by atoms with Gasteiger partial charge in [0, 0.05) is 55.6 Å². The van der Waals surface area contributed by atoms with Crippen molar-refractivity contribution in [2.24, 2.45) is 0 Å². The molecule has 1 aliphatic heterocycles. The second kappa shape index (κ2) is 9.05. The minimum absolute atomic E-state index is 0.132. The van der Waals surface area contributed by atoms with Crippen molar-refractivity contribution in [3.8, 4) is 11.5 Å². The van der Waals surface area contributed by atoms with E-state index in [2.05, 4.69) is 31.8 Å². The van der Waals surface area contributed by atoms with Crippen LogP contribution in [0.25, 0.3) is 11.5 Å². The molecule has 1 saturated heterocycles. The zero-order valence-electron chi connectivity index (χ0n) is 16.7. The van der Waals surface area contributed by atoms with Gasteiger partial charge in [-0.05, 0) is 37.9 Å². The predicted octanol–water partition coefficient (Wildman–Crippen LogP) is 2.95. The number of aromatic nitrogens is 5. The lowest BCUT2D eigenvalue weighted by molar-refractivity contribution is 0.198. The van der Waals surface area contributed by atoms with Crippen LogP contribution in [0.5, 0.6) is 0 Å². The smallest absolute Gasteiger partial charge is 0.251 e. The second-order valence-electron chi connectivity index (χ2n) is 7.57. The largest absolute Gasteiger partial charge is 0.305 e. The third-order valence-electron chi connectivity index (χ3n) is 5.23. The molecule has 7 nitrogen and oxygen atoms in total. The van der Waals surface area contributed by atoms with Crippen molar-refractivity contribution in [1.29, 1.82) is 0 Å². The van der Waals surface area contributed by atoms with Crippen LogP contribution in [0.15, 0.2) is 47.7 Å². The highest BCUT2D eigenvalue weighted by molar-refractivity contribution is 5.48. The first kappa shape index (κ1) is 19.4.